The molecule has 2 aromatic carbocycles. The van der Waals surface area contributed by atoms with Crippen LogP contribution in [0, 0.1) is 5.82 Å². The fraction of sp³-hybridized carbons (Fsp3) is 0.0625. The van der Waals surface area contributed by atoms with Gasteiger partial charge in [-0.05, 0) is 42.5 Å². The van der Waals surface area contributed by atoms with Crippen molar-refractivity contribution in [2.24, 2.45) is 0 Å². The molecule has 2 N–H and O–H groups in total. The standard InChI is InChI=1S/C16H14BrFN2O3S/c1-2-9-19-24(22,23)13-7-8-15(18)14(10-13)16(21)20-12-5-3-11(17)4-6-12/h2-8,10,19H,1,9H2,(H,20,21). The van der Waals surface area contributed by atoms with Crippen LogP contribution in [0.25, 0.3) is 0 Å². The number of benzene rings is 2. The third-order valence-corrected chi connectivity index (χ3v) is 4.96. The molecule has 0 unspecified atom stereocenters. The predicted octanol–water partition coefficient (Wildman–Crippen LogP) is 3.30. The van der Waals surface area contributed by atoms with Crippen LogP contribution in [-0.4, -0.2) is 20.9 Å². The molecule has 126 valence electrons. The summed E-state index contributed by atoms with van der Waals surface area (Å²) in [6.07, 6.45) is 1.38. The Kier molecular flexibility index (Phi) is 5.87. The van der Waals surface area contributed by atoms with E-state index in [1.807, 2.05) is 0 Å². The summed E-state index contributed by atoms with van der Waals surface area (Å²) < 4.78 is 41.1. The maximum absolute atomic E-state index is 13.9. The second kappa shape index (κ2) is 7.69. The molecule has 0 atom stereocenters. The number of rotatable bonds is 6. The fourth-order valence-electron chi connectivity index (χ4n) is 1.83. The molecule has 0 aromatic heterocycles. The lowest BCUT2D eigenvalue weighted by Crippen LogP contribution is -2.24. The number of carbonyl (C=O) groups is 1. The van der Waals surface area contributed by atoms with Gasteiger partial charge in [0.2, 0.25) is 10.0 Å². The lowest BCUT2D eigenvalue weighted by Gasteiger charge is -2.09. The van der Waals surface area contributed by atoms with Crippen molar-refractivity contribution < 1.29 is 17.6 Å². The zero-order chi connectivity index (χ0) is 17.7. The van der Waals surface area contributed by atoms with E-state index >= 15 is 0 Å². The molecule has 0 saturated heterocycles. The van der Waals surface area contributed by atoms with Crippen molar-refractivity contribution >= 4 is 37.5 Å². The zero-order valence-electron chi connectivity index (χ0n) is 12.4. The average Bonchev–Trinajstić information content (AvgIpc) is 2.55. The van der Waals surface area contributed by atoms with Crippen LogP contribution in [0.5, 0.6) is 0 Å². The Labute approximate surface area is 147 Å². The van der Waals surface area contributed by atoms with E-state index in [0.29, 0.717) is 5.69 Å². The first-order valence-electron chi connectivity index (χ1n) is 6.80. The van der Waals surface area contributed by atoms with Gasteiger partial charge in [-0.3, -0.25) is 4.79 Å². The summed E-state index contributed by atoms with van der Waals surface area (Å²) in [5.74, 6) is -1.55. The molecule has 2 aromatic rings. The molecule has 0 aliphatic rings. The molecule has 5 nitrogen and oxygen atoms in total. The zero-order valence-corrected chi connectivity index (χ0v) is 14.8. The molecular formula is C16H14BrFN2O3S. The van der Waals surface area contributed by atoms with Gasteiger partial charge in [0.25, 0.3) is 5.91 Å². The predicted molar refractivity (Wildman–Crippen MR) is 93.9 cm³/mol. The highest BCUT2D eigenvalue weighted by atomic mass is 79.9. The van der Waals surface area contributed by atoms with Gasteiger partial charge in [-0.1, -0.05) is 22.0 Å². The van der Waals surface area contributed by atoms with Gasteiger partial charge in [-0.2, -0.15) is 0 Å². The first kappa shape index (κ1) is 18.3. The second-order valence-corrected chi connectivity index (χ2v) is 7.43. The summed E-state index contributed by atoms with van der Waals surface area (Å²) in [5, 5.41) is 2.52. The van der Waals surface area contributed by atoms with Gasteiger partial charge in [0, 0.05) is 16.7 Å². The largest absolute Gasteiger partial charge is 0.322 e. The molecule has 24 heavy (non-hydrogen) atoms. The summed E-state index contributed by atoms with van der Waals surface area (Å²) in [6.45, 7) is 3.44. The Morgan fingerprint density at radius 1 is 1.21 bits per heavy atom. The van der Waals surface area contributed by atoms with E-state index in [-0.39, 0.29) is 17.0 Å². The quantitative estimate of drug-likeness (QED) is 0.714. The van der Waals surface area contributed by atoms with E-state index in [1.165, 1.54) is 6.08 Å². The fourth-order valence-corrected chi connectivity index (χ4v) is 3.12. The van der Waals surface area contributed by atoms with Crippen LogP contribution in [0.3, 0.4) is 0 Å². The number of sulfonamides is 1. The minimum Gasteiger partial charge on any atom is -0.322 e. The molecule has 1 amide bonds. The highest BCUT2D eigenvalue weighted by molar-refractivity contribution is 9.10. The van der Waals surface area contributed by atoms with Crippen LogP contribution >= 0.6 is 15.9 Å². The number of hydrogen-bond donors (Lipinski definition) is 2. The van der Waals surface area contributed by atoms with Gasteiger partial charge in [-0.15, -0.1) is 6.58 Å². The Bertz CT molecular complexity index is 867. The van der Waals surface area contributed by atoms with E-state index in [2.05, 4.69) is 32.5 Å². The monoisotopic (exact) mass is 412 g/mol. The van der Waals surface area contributed by atoms with Gasteiger partial charge < -0.3 is 5.32 Å². The summed E-state index contributed by atoms with van der Waals surface area (Å²) >= 11 is 3.27. The van der Waals surface area contributed by atoms with Crippen LogP contribution < -0.4 is 10.0 Å². The third-order valence-electron chi connectivity index (χ3n) is 3.01. The molecular weight excluding hydrogens is 399 g/mol. The van der Waals surface area contributed by atoms with Crippen molar-refractivity contribution in [1.82, 2.24) is 4.72 Å². The number of nitrogens with one attached hydrogen (secondary N) is 2. The lowest BCUT2D eigenvalue weighted by atomic mass is 10.2. The average molecular weight is 413 g/mol. The minimum absolute atomic E-state index is 0.0279. The highest BCUT2D eigenvalue weighted by Crippen LogP contribution is 2.18. The normalized spacial score (nSPS) is 11.1. The molecule has 0 aliphatic carbocycles. The van der Waals surface area contributed by atoms with Crippen molar-refractivity contribution in [2.75, 3.05) is 11.9 Å². The smallest absolute Gasteiger partial charge is 0.258 e. The molecule has 0 bridgehead atoms. The molecule has 2 rings (SSSR count). The molecule has 0 saturated carbocycles. The van der Waals surface area contributed by atoms with E-state index in [4.69, 9.17) is 0 Å². The van der Waals surface area contributed by atoms with Gasteiger partial charge in [0.05, 0.1) is 10.5 Å². The van der Waals surface area contributed by atoms with Crippen LogP contribution in [0.4, 0.5) is 10.1 Å². The molecule has 0 fully saturated rings. The van der Waals surface area contributed by atoms with Gasteiger partial charge in [0.1, 0.15) is 5.82 Å². The number of anilines is 1. The number of halogens is 2. The second-order valence-electron chi connectivity index (χ2n) is 4.74. The number of carbonyl (C=O) groups excluding carboxylic acids is 1. The van der Waals surface area contributed by atoms with E-state index in [0.717, 1.165) is 22.7 Å². The van der Waals surface area contributed by atoms with Gasteiger partial charge in [-0.25, -0.2) is 17.5 Å². The maximum Gasteiger partial charge on any atom is 0.258 e. The highest BCUT2D eigenvalue weighted by Gasteiger charge is 2.19. The Morgan fingerprint density at radius 3 is 2.50 bits per heavy atom. The lowest BCUT2D eigenvalue weighted by molar-refractivity contribution is 0.102. The SMILES string of the molecule is C=CCNS(=O)(=O)c1ccc(F)c(C(=O)Nc2ccc(Br)cc2)c1. The first-order valence-corrected chi connectivity index (χ1v) is 9.08. The summed E-state index contributed by atoms with van der Waals surface area (Å²) in [4.78, 5) is 12.0. The van der Waals surface area contributed by atoms with Crippen molar-refractivity contribution in [3.8, 4) is 0 Å². The van der Waals surface area contributed by atoms with Crippen molar-refractivity contribution in [3.63, 3.8) is 0 Å². The summed E-state index contributed by atoms with van der Waals surface area (Å²) in [6, 6.07) is 9.72. The first-order chi connectivity index (χ1) is 11.3. The van der Waals surface area contributed by atoms with Crippen LogP contribution in [0.2, 0.25) is 0 Å². The molecule has 0 aliphatic heterocycles. The van der Waals surface area contributed by atoms with Crippen molar-refractivity contribution in [2.45, 2.75) is 4.90 Å². The van der Waals surface area contributed by atoms with Crippen LogP contribution in [0.15, 0.2) is 64.5 Å². The summed E-state index contributed by atoms with van der Waals surface area (Å²) in [7, 11) is -3.85. The Morgan fingerprint density at radius 2 is 1.88 bits per heavy atom. The number of hydrogen-bond acceptors (Lipinski definition) is 3. The van der Waals surface area contributed by atoms with E-state index in [1.54, 1.807) is 24.3 Å². The third kappa shape index (κ3) is 4.50. The van der Waals surface area contributed by atoms with Gasteiger partial charge in [0.15, 0.2) is 0 Å². The van der Waals surface area contributed by atoms with Crippen molar-refractivity contribution in [1.29, 1.82) is 0 Å². The van der Waals surface area contributed by atoms with E-state index in [9.17, 15) is 17.6 Å². The molecule has 0 radical (unpaired) electrons. The maximum atomic E-state index is 13.9. The Hall–Kier alpha value is -2.03. The van der Waals surface area contributed by atoms with Gasteiger partial charge >= 0.3 is 0 Å². The molecule has 0 heterocycles. The Balaban J connectivity index is 2.29. The molecule has 8 heteroatoms. The minimum atomic E-state index is -3.85. The summed E-state index contributed by atoms with van der Waals surface area (Å²) in [5.41, 5.74) is 0.0973. The van der Waals surface area contributed by atoms with Crippen LogP contribution in [-0.2, 0) is 10.0 Å². The van der Waals surface area contributed by atoms with E-state index < -0.39 is 21.7 Å². The number of amides is 1. The van der Waals surface area contributed by atoms with Crippen LogP contribution in [0.1, 0.15) is 10.4 Å². The van der Waals surface area contributed by atoms with Crippen molar-refractivity contribution in [3.05, 3.63) is 71.0 Å². The molecule has 0 spiro atoms. The topological polar surface area (TPSA) is 75.3 Å².